The predicted octanol–water partition coefficient (Wildman–Crippen LogP) is 5.36. The van der Waals surface area contributed by atoms with Crippen molar-refractivity contribution < 1.29 is 0 Å². The van der Waals surface area contributed by atoms with E-state index >= 15 is 0 Å². The van der Waals surface area contributed by atoms with Crippen LogP contribution in [0, 0.1) is 0 Å². The van der Waals surface area contributed by atoms with Crippen LogP contribution in [0.1, 0.15) is 45.7 Å². The van der Waals surface area contributed by atoms with Crippen LogP contribution in [0.5, 0.6) is 0 Å². The molecule has 28 heavy (non-hydrogen) atoms. The standard InChI is InChI=1S/C24H22N4/c1-6-17(23(19-8-2-12-25-19)20-9-3-13-26-20)16-18(7-1)24(21-10-4-14-27-21)22-11-5-15-28-22/h1-16,23-28H. The lowest BCUT2D eigenvalue weighted by Gasteiger charge is -2.20. The molecule has 0 aliphatic carbocycles. The molecule has 0 radical (unpaired) electrons. The third-order valence-electron chi connectivity index (χ3n) is 5.31. The summed E-state index contributed by atoms with van der Waals surface area (Å²) in [5.41, 5.74) is 7.22. The van der Waals surface area contributed by atoms with Gasteiger partial charge in [-0.3, -0.25) is 0 Å². The van der Waals surface area contributed by atoms with Crippen molar-refractivity contribution in [3.8, 4) is 0 Å². The highest BCUT2D eigenvalue weighted by Crippen LogP contribution is 2.35. The number of H-pyrrole nitrogens is 4. The minimum Gasteiger partial charge on any atom is -0.364 e. The van der Waals surface area contributed by atoms with Crippen LogP contribution in [0.3, 0.4) is 0 Å². The van der Waals surface area contributed by atoms with E-state index in [1.54, 1.807) is 0 Å². The Morgan fingerprint density at radius 3 is 1.07 bits per heavy atom. The summed E-state index contributed by atoms with van der Waals surface area (Å²) in [6.45, 7) is 0. The zero-order valence-electron chi connectivity index (χ0n) is 15.4. The van der Waals surface area contributed by atoms with E-state index < -0.39 is 0 Å². The molecule has 0 spiro atoms. The van der Waals surface area contributed by atoms with Crippen LogP contribution in [0.25, 0.3) is 0 Å². The average Bonchev–Trinajstić information content (AvgIpc) is 3.51. The SMILES string of the molecule is c1cc(C(c2ccc[nH]2)c2ccc[nH]2)cc(C(c2ccc[nH]2)c2ccc[nH]2)c1. The van der Waals surface area contributed by atoms with Gasteiger partial charge in [-0.2, -0.15) is 0 Å². The molecule has 0 fully saturated rings. The lowest BCUT2D eigenvalue weighted by Crippen LogP contribution is -2.08. The van der Waals surface area contributed by atoms with E-state index in [0.717, 1.165) is 0 Å². The molecule has 0 aliphatic heterocycles. The van der Waals surface area contributed by atoms with Crippen molar-refractivity contribution in [1.82, 2.24) is 19.9 Å². The van der Waals surface area contributed by atoms with Crippen LogP contribution in [0.4, 0.5) is 0 Å². The van der Waals surface area contributed by atoms with Gasteiger partial charge in [0.25, 0.3) is 0 Å². The first-order valence-corrected chi connectivity index (χ1v) is 9.53. The van der Waals surface area contributed by atoms with E-state index in [1.807, 2.05) is 24.8 Å². The van der Waals surface area contributed by atoms with Crippen molar-refractivity contribution in [3.63, 3.8) is 0 Å². The van der Waals surface area contributed by atoms with Gasteiger partial charge in [0.05, 0.1) is 11.8 Å². The first-order chi connectivity index (χ1) is 13.9. The quantitative estimate of drug-likeness (QED) is 0.313. The van der Waals surface area contributed by atoms with Gasteiger partial charge in [-0.1, -0.05) is 24.3 Å². The first kappa shape index (κ1) is 16.5. The fourth-order valence-corrected chi connectivity index (χ4v) is 4.07. The van der Waals surface area contributed by atoms with Crippen LogP contribution in [-0.2, 0) is 0 Å². The molecule has 0 bridgehead atoms. The van der Waals surface area contributed by atoms with Gasteiger partial charge >= 0.3 is 0 Å². The normalized spacial score (nSPS) is 11.5. The Hall–Kier alpha value is -3.66. The fourth-order valence-electron chi connectivity index (χ4n) is 4.07. The maximum atomic E-state index is 3.40. The molecule has 0 amide bonds. The Labute approximate surface area is 163 Å². The van der Waals surface area contributed by atoms with Crippen molar-refractivity contribution in [2.75, 3.05) is 0 Å². The molecule has 4 heteroatoms. The summed E-state index contributed by atoms with van der Waals surface area (Å²) < 4.78 is 0. The molecule has 0 atom stereocenters. The number of rotatable bonds is 6. The topological polar surface area (TPSA) is 63.2 Å². The van der Waals surface area contributed by atoms with Gasteiger partial charge in [-0.05, 0) is 59.7 Å². The first-order valence-electron chi connectivity index (χ1n) is 9.53. The number of benzene rings is 1. The van der Waals surface area contributed by atoms with Crippen molar-refractivity contribution in [2.24, 2.45) is 0 Å². The molecule has 4 nitrogen and oxygen atoms in total. The number of hydrogen-bond acceptors (Lipinski definition) is 0. The lowest BCUT2D eigenvalue weighted by molar-refractivity contribution is 0.869. The molecule has 0 aliphatic rings. The van der Waals surface area contributed by atoms with E-state index in [2.05, 4.69) is 92.7 Å². The van der Waals surface area contributed by atoms with Gasteiger partial charge < -0.3 is 19.9 Å². The second kappa shape index (κ2) is 7.16. The number of aromatic nitrogens is 4. The monoisotopic (exact) mass is 366 g/mol. The highest BCUT2D eigenvalue weighted by Gasteiger charge is 2.22. The molecule has 4 N–H and O–H groups in total. The van der Waals surface area contributed by atoms with Crippen molar-refractivity contribution >= 4 is 0 Å². The Morgan fingerprint density at radius 1 is 0.429 bits per heavy atom. The molecular formula is C24H22N4. The smallest absolute Gasteiger partial charge is 0.0641 e. The number of nitrogens with one attached hydrogen (secondary N) is 4. The summed E-state index contributed by atoms with van der Waals surface area (Å²) in [5, 5.41) is 0. The van der Waals surface area contributed by atoms with E-state index in [9.17, 15) is 0 Å². The van der Waals surface area contributed by atoms with E-state index in [-0.39, 0.29) is 11.8 Å². The summed E-state index contributed by atoms with van der Waals surface area (Å²) >= 11 is 0. The molecule has 4 heterocycles. The number of hydrogen-bond donors (Lipinski definition) is 4. The van der Waals surface area contributed by atoms with Gasteiger partial charge in [0.1, 0.15) is 0 Å². The van der Waals surface area contributed by atoms with Crippen molar-refractivity contribution in [3.05, 3.63) is 131 Å². The predicted molar refractivity (Wildman–Crippen MR) is 112 cm³/mol. The van der Waals surface area contributed by atoms with Crippen LogP contribution >= 0.6 is 0 Å². The van der Waals surface area contributed by atoms with Crippen LogP contribution < -0.4 is 0 Å². The maximum Gasteiger partial charge on any atom is 0.0641 e. The Balaban J connectivity index is 1.62. The highest BCUT2D eigenvalue weighted by atomic mass is 14.8. The van der Waals surface area contributed by atoms with Crippen molar-refractivity contribution in [2.45, 2.75) is 11.8 Å². The third kappa shape index (κ3) is 2.99. The Bertz CT molecular complexity index is 945. The van der Waals surface area contributed by atoms with Gasteiger partial charge in [0, 0.05) is 47.6 Å². The second-order valence-electron chi connectivity index (χ2n) is 7.04. The molecule has 4 aromatic heterocycles. The molecule has 138 valence electrons. The van der Waals surface area contributed by atoms with Gasteiger partial charge in [-0.15, -0.1) is 0 Å². The summed E-state index contributed by atoms with van der Waals surface area (Å²) in [7, 11) is 0. The van der Waals surface area contributed by atoms with E-state index in [0.29, 0.717) is 0 Å². The zero-order chi connectivity index (χ0) is 18.8. The highest BCUT2D eigenvalue weighted by molar-refractivity contribution is 5.44. The summed E-state index contributed by atoms with van der Waals surface area (Å²) in [5.74, 6) is 0.274. The largest absolute Gasteiger partial charge is 0.364 e. The van der Waals surface area contributed by atoms with Gasteiger partial charge in [-0.25, -0.2) is 0 Å². The van der Waals surface area contributed by atoms with E-state index in [4.69, 9.17) is 0 Å². The summed E-state index contributed by atoms with van der Waals surface area (Å²) in [6, 6.07) is 25.7. The van der Waals surface area contributed by atoms with Crippen LogP contribution in [0.15, 0.2) is 97.6 Å². The van der Waals surface area contributed by atoms with Gasteiger partial charge in [0.2, 0.25) is 0 Å². The molecule has 5 rings (SSSR count). The summed E-state index contributed by atoms with van der Waals surface area (Å²) in [6.07, 6.45) is 7.93. The minimum atomic E-state index is 0.137. The average molecular weight is 366 g/mol. The van der Waals surface area contributed by atoms with Crippen molar-refractivity contribution in [1.29, 1.82) is 0 Å². The van der Waals surface area contributed by atoms with Gasteiger partial charge in [0.15, 0.2) is 0 Å². The Morgan fingerprint density at radius 2 is 0.786 bits per heavy atom. The fraction of sp³-hybridized carbons (Fsp3) is 0.0833. The molecule has 0 unspecified atom stereocenters. The molecule has 1 aromatic carbocycles. The third-order valence-corrected chi connectivity index (χ3v) is 5.31. The lowest BCUT2D eigenvalue weighted by atomic mass is 9.86. The molecule has 5 aromatic rings. The van der Waals surface area contributed by atoms with E-state index in [1.165, 1.54) is 33.9 Å². The number of aromatic amines is 4. The maximum absolute atomic E-state index is 3.40. The second-order valence-corrected chi connectivity index (χ2v) is 7.04. The zero-order valence-corrected chi connectivity index (χ0v) is 15.4. The van der Waals surface area contributed by atoms with Crippen LogP contribution in [0.2, 0.25) is 0 Å². The molecule has 0 saturated heterocycles. The van der Waals surface area contributed by atoms with Crippen LogP contribution in [-0.4, -0.2) is 19.9 Å². The molecule has 0 saturated carbocycles. The minimum absolute atomic E-state index is 0.137. The molecular weight excluding hydrogens is 344 g/mol. The summed E-state index contributed by atoms with van der Waals surface area (Å²) in [4.78, 5) is 13.6. The Kier molecular flexibility index (Phi) is 4.22.